The van der Waals surface area contributed by atoms with Crippen molar-refractivity contribution in [2.24, 2.45) is 5.41 Å². The molecule has 0 amide bonds. The molecule has 4 aromatic rings. The average Bonchev–Trinajstić information content (AvgIpc) is 3.46. The molecular formula is C31H30ClN5. The normalized spacial score (nSPS) is 13.8. The highest BCUT2D eigenvalue weighted by Crippen LogP contribution is 2.36. The van der Waals surface area contributed by atoms with Gasteiger partial charge in [-0.05, 0) is 86.3 Å². The van der Waals surface area contributed by atoms with Gasteiger partial charge in [0.1, 0.15) is 0 Å². The van der Waals surface area contributed by atoms with E-state index in [1.165, 1.54) is 0 Å². The van der Waals surface area contributed by atoms with Crippen LogP contribution >= 0.6 is 11.6 Å². The summed E-state index contributed by atoms with van der Waals surface area (Å²) in [6.07, 6.45) is 4.42. The highest BCUT2D eigenvalue weighted by atomic mass is 35.5. The summed E-state index contributed by atoms with van der Waals surface area (Å²) in [6, 6.07) is 30.3. The lowest BCUT2D eigenvalue weighted by molar-refractivity contribution is 0.281. The molecule has 0 saturated carbocycles. The SMILES string of the molecule is CC(NC(c1ccc(-n2cccn2)cc1)C(C)(C)C#N)C(Cc1ccc(Cl)cc1)c1cccc(C#N)c1. The van der Waals surface area contributed by atoms with Crippen molar-refractivity contribution in [1.82, 2.24) is 15.1 Å². The van der Waals surface area contributed by atoms with Crippen LogP contribution in [0.4, 0.5) is 0 Å². The lowest BCUT2D eigenvalue weighted by Gasteiger charge is -2.36. The Morgan fingerprint density at radius 1 is 0.973 bits per heavy atom. The van der Waals surface area contributed by atoms with Crippen molar-refractivity contribution in [3.63, 3.8) is 0 Å². The maximum absolute atomic E-state index is 10.1. The summed E-state index contributed by atoms with van der Waals surface area (Å²) in [5.74, 6) is 0.0646. The molecule has 1 aromatic heterocycles. The van der Waals surface area contributed by atoms with Gasteiger partial charge in [-0.3, -0.25) is 0 Å². The Hall–Kier alpha value is -3.90. The Balaban J connectivity index is 1.67. The van der Waals surface area contributed by atoms with E-state index >= 15 is 0 Å². The van der Waals surface area contributed by atoms with E-state index in [0.717, 1.165) is 28.8 Å². The monoisotopic (exact) mass is 507 g/mol. The molecule has 5 nitrogen and oxygen atoms in total. The van der Waals surface area contributed by atoms with Crippen molar-refractivity contribution in [2.75, 3.05) is 0 Å². The molecule has 0 radical (unpaired) electrons. The molecule has 37 heavy (non-hydrogen) atoms. The molecule has 0 aliphatic rings. The summed E-state index contributed by atoms with van der Waals surface area (Å²) in [4.78, 5) is 0. The van der Waals surface area contributed by atoms with Gasteiger partial charge in [0.25, 0.3) is 0 Å². The fourth-order valence-corrected chi connectivity index (χ4v) is 4.83. The van der Waals surface area contributed by atoms with E-state index in [0.29, 0.717) is 10.6 Å². The van der Waals surface area contributed by atoms with Gasteiger partial charge in [-0.2, -0.15) is 15.6 Å². The van der Waals surface area contributed by atoms with Gasteiger partial charge in [0.05, 0.1) is 34.8 Å². The molecule has 0 aliphatic carbocycles. The molecule has 3 unspecified atom stereocenters. The van der Waals surface area contributed by atoms with Gasteiger partial charge >= 0.3 is 0 Å². The fraction of sp³-hybridized carbons (Fsp3) is 0.258. The number of benzene rings is 3. The van der Waals surface area contributed by atoms with Gasteiger partial charge in [0, 0.05) is 29.4 Å². The zero-order valence-corrected chi connectivity index (χ0v) is 22.0. The second-order valence-corrected chi connectivity index (χ2v) is 10.4. The zero-order chi connectivity index (χ0) is 26.4. The summed E-state index contributed by atoms with van der Waals surface area (Å²) in [5.41, 5.74) is 4.20. The molecule has 0 saturated heterocycles. The van der Waals surface area contributed by atoms with Gasteiger partial charge < -0.3 is 5.32 Å². The quantitative estimate of drug-likeness (QED) is 0.265. The maximum atomic E-state index is 10.1. The van der Waals surface area contributed by atoms with Crippen LogP contribution in [0.1, 0.15) is 55.0 Å². The maximum Gasteiger partial charge on any atom is 0.0991 e. The molecule has 0 fully saturated rings. The first kappa shape index (κ1) is 26.2. The van der Waals surface area contributed by atoms with Crippen LogP contribution in [0.25, 0.3) is 5.69 Å². The van der Waals surface area contributed by atoms with Crippen molar-refractivity contribution in [1.29, 1.82) is 10.5 Å². The first-order chi connectivity index (χ1) is 17.8. The Labute approximate surface area is 223 Å². The summed E-state index contributed by atoms with van der Waals surface area (Å²) in [6.45, 7) is 6.07. The Kier molecular flexibility index (Phi) is 8.09. The minimum atomic E-state index is -0.666. The number of aromatic nitrogens is 2. The smallest absolute Gasteiger partial charge is 0.0991 e. The zero-order valence-electron chi connectivity index (χ0n) is 21.3. The van der Waals surface area contributed by atoms with Crippen LogP contribution in [0, 0.1) is 28.1 Å². The van der Waals surface area contributed by atoms with Gasteiger partial charge in [-0.25, -0.2) is 4.68 Å². The molecular weight excluding hydrogens is 478 g/mol. The lowest BCUT2D eigenvalue weighted by Crippen LogP contribution is -2.42. The Bertz CT molecular complexity index is 1390. The largest absolute Gasteiger partial charge is 0.305 e. The van der Waals surface area contributed by atoms with E-state index in [1.807, 2.05) is 85.4 Å². The van der Waals surface area contributed by atoms with Crippen molar-refractivity contribution in [3.8, 4) is 17.8 Å². The minimum Gasteiger partial charge on any atom is -0.305 e. The third-order valence-corrected chi connectivity index (χ3v) is 7.10. The van der Waals surface area contributed by atoms with Gasteiger partial charge in [-0.1, -0.05) is 48.0 Å². The third-order valence-electron chi connectivity index (χ3n) is 6.85. The molecule has 6 heteroatoms. The predicted octanol–water partition coefficient (Wildman–Crippen LogP) is 6.99. The van der Waals surface area contributed by atoms with E-state index in [9.17, 15) is 10.5 Å². The van der Waals surface area contributed by atoms with Crippen LogP contribution in [-0.2, 0) is 6.42 Å². The summed E-state index contributed by atoms with van der Waals surface area (Å²) in [7, 11) is 0. The van der Waals surface area contributed by atoms with Gasteiger partial charge in [0.2, 0.25) is 0 Å². The number of hydrogen-bond acceptors (Lipinski definition) is 4. The van der Waals surface area contributed by atoms with Gasteiger partial charge in [0.15, 0.2) is 0 Å². The molecule has 0 aliphatic heterocycles. The van der Waals surface area contributed by atoms with E-state index in [1.54, 1.807) is 6.20 Å². The molecule has 1 heterocycles. The summed E-state index contributed by atoms with van der Waals surface area (Å²) < 4.78 is 1.81. The summed E-state index contributed by atoms with van der Waals surface area (Å²) >= 11 is 6.13. The predicted molar refractivity (Wildman–Crippen MR) is 147 cm³/mol. The minimum absolute atomic E-state index is 0.00645. The molecule has 0 bridgehead atoms. The molecule has 4 rings (SSSR count). The van der Waals surface area contributed by atoms with E-state index in [2.05, 4.69) is 47.7 Å². The second-order valence-electron chi connectivity index (χ2n) is 9.94. The van der Waals surface area contributed by atoms with Crippen LogP contribution in [-0.4, -0.2) is 15.8 Å². The van der Waals surface area contributed by atoms with E-state index < -0.39 is 5.41 Å². The van der Waals surface area contributed by atoms with Crippen molar-refractivity contribution in [2.45, 2.75) is 45.2 Å². The Morgan fingerprint density at radius 2 is 1.70 bits per heavy atom. The molecule has 1 N–H and O–H groups in total. The topological polar surface area (TPSA) is 77.4 Å². The van der Waals surface area contributed by atoms with E-state index in [-0.39, 0.29) is 18.0 Å². The Morgan fingerprint density at radius 3 is 2.32 bits per heavy atom. The van der Waals surface area contributed by atoms with Crippen LogP contribution in [0.15, 0.2) is 91.3 Å². The fourth-order valence-electron chi connectivity index (χ4n) is 4.70. The van der Waals surface area contributed by atoms with Crippen LogP contribution in [0.3, 0.4) is 0 Å². The van der Waals surface area contributed by atoms with Gasteiger partial charge in [-0.15, -0.1) is 0 Å². The molecule has 3 atom stereocenters. The molecule has 186 valence electrons. The highest BCUT2D eigenvalue weighted by molar-refractivity contribution is 6.30. The van der Waals surface area contributed by atoms with Crippen molar-refractivity contribution < 1.29 is 0 Å². The lowest BCUT2D eigenvalue weighted by atomic mass is 9.79. The third kappa shape index (κ3) is 6.27. The number of nitrogens with one attached hydrogen (secondary N) is 1. The average molecular weight is 508 g/mol. The molecule has 3 aromatic carbocycles. The second kappa shape index (κ2) is 11.4. The number of nitriles is 2. The first-order valence-corrected chi connectivity index (χ1v) is 12.7. The van der Waals surface area contributed by atoms with E-state index in [4.69, 9.17) is 11.6 Å². The van der Waals surface area contributed by atoms with Crippen molar-refractivity contribution in [3.05, 3.63) is 119 Å². The summed E-state index contributed by atoms with van der Waals surface area (Å²) in [5, 5.41) is 28.4. The number of halogens is 1. The van der Waals surface area contributed by atoms with Crippen LogP contribution in [0.5, 0.6) is 0 Å². The first-order valence-electron chi connectivity index (χ1n) is 12.3. The molecule has 0 spiro atoms. The van der Waals surface area contributed by atoms with Crippen LogP contribution in [0.2, 0.25) is 5.02 Å². The number of nitrogens with zero attached hydrogens (tertiary/aromatic N) is 4. The number of hydrogen-bond donors (Lipinski definition) is 1. The highest BCUT2D eigenvalue weighted by Gasteiger charge is 2.34. The van der Waals surface area contributed by atoms with Crippen molar-refractivity contribution >= 4 is 11.6 Å². The standard InChI is InChI=1S/C31H30ClN5/c1-22(29(19-23-8-12-27(32)13-9-23)26-7-4-6-24(18-26)20-33)36-30(31(2,3)21-34)25-10-14-28(15-11-25)37-17-5-16-35-37/h4-18,22,29-30,36H,19H2,1-3H3. The van der Waals surface area contributed by atoms with Crippen LogP contribution < -0.4 is 5.32 Å². The number of rotatable bonds is 9.